The summed E-state index contributed by atoms with van der Waals surface area (Å²) >= 11 is 0. The molecule has 1 unspecified atom stereocenters. The fraction of sp³-hybridized carbons (Fsp3) is 0.846. The van der Waals surface area contributed by atoms with Crippen LogP contribution in [-0.4, -0.2) is 35.8 Å². The molecule has 1 saturated heterocycles. The Kier molecular flexibility index (Phi) is 3.69. The highest BCUT2D eigenvalue weighted by Gasteiger charge is 2.33. The van der Waals surface area contributed by atoms with E-state index in [0.717, 1.165) is 13.0 Å². The van der Waals surface area contributed by atoms with Gasteiger partial charge in [0.15, 0.2) is 0 Å². The molecule has 0 aromatic heterocycles. The number of nitrogens with zero attached hydrogens (tertiary/aromatic N) is 1. The molecule has 17 heavy (non-hydrogen) atoms. The van der Waals surface area contributed by atoms with Crippen molar-refractivity contribution in [2.45, 2.75) is 45.6 Å². The Morgan fingerprint density at radius 2 is 2.06 bits per heavy atom. The van der Waals surface area contributed by atoms with Crippen molar-refractivity contribution in [1.29, 1.82) is 0 Å². The van der Waals surface area contributed by atoms with Crippen molar-refractivity contribution in [2.24, 2.45) is 11.8 Å². The van der Waals surface area contributed by atoms with Gasteiger partial charge in [-0.05, 0) is 31.1 Å². The van der Waals surface area contributed by atoms with E-state index in [1.54, 1.807) is 0 Å². The normalized spacial score (nSPS) is 26.1. The fourth-order valence-electron chi connectivity index (χ4n) is 2.32. The summed E-state index contributed by atoms with van der Waals surface area (Å²) in [6, 6.07) is -0.302. The van der Waals surface area contributed by atoms with Gasteiger partial charge in [-0.15, -0.1) is 0 Å². The summed E-state index contributed by atoms with van der Waals surface area (Å²) in [5.74, 6) is 1.25. The lowest BCUT2D eigenvalue weighted by Crippen LogP contribution is -2.45. The molecule has 4 heteroatoms. The van der Waals surface area contributed by atoms with E-state index in [9.17, 15) is 9.59 Å². The van der Waals surface area contributed by atoms with E-state index in [1.165, 1.54) is 12.8 Å². The second-order valence-corrected chi connectivity index (χ2v) is 5.73. The van der Waals surface area contributed by atoms with Crippen LogP contribution in [0.5, 0.6) is 0 Å². The van der Waals surface area contributed by atoms with Crippen molar-refractivity contribution in [3.05, 3.63) is 0 Å². The first kappa shape index (κ1) is 12.4. The predicted molar refractivity (Wildman–Crippen MR) is 65.3 cm³/mol. The number of hydrogen-bond acceptors (Lipinski definition) is 2. The van der Waals surface area contributed by atoms with Crippen molar-refractivity contribution in [3.8, 4) is 0 Å². The van der Waals surface area contributed by atoms with E-state index in [1.807, 2.05) is 4.90 Å². The summed E-state index contributed by atoms with van der Waals surface area (Å²) in [6.45, 7) is 5.60. The van der Waals surface area contributed by atoms with E-state index in [2.05, 4.69) is 19.2 Å². The zero-order valence-electron chi connectivity index (χ0n) is 10.7. The highest BCUT2D eigenvalue weighted by molar-refractivity contribution is 5.89. The van der Waals surface area contributed by atoms with Crippen molar-refractivity contribution >= 4 is 11.8 Å². The third-order valence-electron chi connectivity index (χ3n) is 3.44. The number of rotatable bonds is 4. The Morgan fingerprint density at radius 3 is 2.65 bits per heavy atom. The molecule has 96 valence electrons. The third-order valence-corrected chi connectivity index (χ3v) is 3.44. The predicted octanol–water partition coefficient (Wildman–Crippen LogP) is 1.16. The summed E-state index contributed by atoms with van der Waals surface area (Å²) in [4.78, 5) is 25.8. The number of carbonyl (C=O) groups excluding carboxylic acids is 2. The van der Waals surface area contributed by atoms with Gasteiger partial charge in [0.05, 0.1) is 0 Å². The second-order valence-electron chi connectivity index (χ2n) is 5.73. The monoisotopic (exact) mass is 238 g/mol. The van der Waals surface area contributed by atoms with Crippen LogP contribution in [0.1, 0.15) is 39.5 Å². The van der Waals surface area contributed by atoms with E-state index in [4.69, 9.17) is 0 Å². The SMILES string of the molecule is CC(C)CC1NC(=O)CCN(CC2CC2)C1=O. The highest BCUT2D eigenvalue weighted by atomic mass is 16.2. The maximum atomic E-state index is 12.3. The molecule has 1 N–H and O–H groups in total. The quantitative estimate of drug-likeness (QED) is 0.799. The molecule has 0 radical (unpaired) electrons. The number of nitrogens with one attached hydrogen (secondary N) is 1. The van der Waals surface area contributed by atoms with Crippen LogP contribution in [0.3, 0.4) is 0 Å². The molecule has 1 aliphatic carbocycles. The smallest absolute Gasteiger partial charge is 0.245 e. The summed E-state index contributed by atoms with van der Waals surface area (Å²) in [7, 11) is 0. The Morgan fingerprint density at radius 1 is 1.35 bits per heavy atom. The molecule has 0 aromatic rings. The average Bonchev–Trinajstić information content (AvgIpc) is 3.05. The van der Waals surface area contributed by atoms with Gasteiger partial charge < -0.3 is 10.2 Å². The van der Waals surface area contributed by atoms with Gasteiger partial charge >= 0.3 is 0 Å². The van der Waals surface area contributed by atoms with Crippen molar-refractivity contribution in [3.63, 3.8) is 0 Å². The van der Waals surface area contributed by atoms with Gasteiger partial charge in [-0.25, -0.2) is 0 Å². The minimum absolute atomic E-state index is 0.0160. The van der Waals surface area contributed by atoms with Crippen LogP contribution >= 0.6 is 0 Å². The van der Waals surface area contributed by atoms with Gasteiger partial charge in [0, 0.05) is 19.5 Å². The number of hydrogen-bond donors (Lipinski definition) is 1. The van der Waals surface area contributed by atoms with Crippen LogP contribution in [0.15, 0.2) is 0 Å². The van der Waals surface area contributed by atoms with Crippen LogP contribution in [0.25, 0.3) is 0 Å². The van der Waals surface area contributed by atoms with Gasteiger partial charge in [-0.3, -0.25) is 9.59 Å². The van der Waals surface area contributed by atoms with Gasteiger partial charge in [0.25, 0.3) is 0 Å². The molecule has 0 aromatic carbocycles. The molecule has 4 nitrogen and oxygen atoms in total. The summed E-state index contributed by atoms with van der Waals surface area (Å²) < 4.78 is 0. The van der Waals surface area contributed by atoms with E-state index >= 15 is 0 Å². The van der Waals surface area contributed by atoms with Crippen molar-refractivity contribution < 1.29 is 9.59 Å². The Bertz CT molecular complexity index is 311. The van der Waals surface area contributed by atoms with Crippen LogP contribution in [0.2, 0.25) is 0 Å². The van der Waals surface area contributed by atoms with Gasteiger partial charge in [0.2, 0.25) is 11.8 Å². The Hall–Kier alpha value is -1.06. The molecule has 2 rings (SSSR count). The molecule has 0 spiro atoms. The zero-order chi connectivity index (χ0) is 12.4. The first-order chi connectivity index (χ1) is 8.06. The summed E-state index contributed by atoms with van der Waals surface area (Å²) in [5, 5.41) is 2.85. The van der Waals surface area contributed by atoms with Crippen LogP contribution in [0.4, 0.5) is 0 Å². The first-order valence-electron chi connectivity index (χ1n) is 6.64. The maximum Gasteiger partial charge on any atom is 0.245 e. The standard InChI is InChI=1S/C13H22N2O2/c1-9(2)7-11-13(17)15(8-10-3-4-10)6-5-12(16)14-11/h9-11H,3-8H2,1-2H3,(H,14,16). The topological polar surface area (TPSA) is 49.4 Å². The lowest BCUT2D eigenvalue weighted by Gasteiger charge is -2.24. The van der Waals surface area contributed by atoms with Crippen molar-refractivity contribution in [2.75, 3.05) is 13.1 Å². The highest BCUT2D eigenvalue weighted by Crippen LogP contribution is 2.30. The second kappa shape index (κ2) is 5.07. The summed E-state index contributed by atoms with van der Waals surface area (Å²) in [5.41, 5.74) is 0. The lowest BCUT2D eigenvalue weighted by molar-refractivity contribution is -0.134. The molecule has 2 fully saturated rings. The molecule has 2 amide bonds. The molecule has 1 aliphatic heterocycles. The van der Waals surface area contributed by atoms with Gasteiger partial charge in [0.1, 0.15) is 6.04 Å². The lowest BCUT2D eigenvalue weighted by atomic mass is 10.0. The number of carbonyl (C=O) groups is 2. The molecule has 2 aliphatic rings. The van der Waals surface area contributed by atoms with Gasteiger partial charge in [-0.1, -0.05) is 13.8 Å². The first-order valence-corrected chi connectivity index (χ1v) is 6.64. The summed E-state index contributed by atoms with van der Waals surface area (Å²) in [6.07, 6.45) is 3.67. The third kappa shape index (κ3) is 3.45. The molecule has 1 saturated carbocycles. The van der Waals surface area contributed by atoms with E-state index < -0.39 is 0 Å². The van der Waals surface area contributed by atoms with E-state index in [0.29, 0.717) is 24.8 Å². The van der Waals surface area contributed by atoms with E-state index in [-0.39, 0.29) is 17.9 Å². The molecule has 1 heterocycles. The average molecular weight is 238 g/mol. The van der Waals surface area contributed by atoms with Crippen molar-refractivity contribution in [1.82, 2.24) is 10.2 Å². The molecular weight excluding hydrogens is 216 g/mol. The zero-order valence-corrected chi connectivity index (χ0v) is 10.7. The van der Waals surface area contributed by atoms with Gasteiger partial charge in [-0.2, -0.15) is 0 Å². The largest absolute Gasteiger partial charge is 0.344 e. The Balaban J connectivity index is 2.01. The minimum Gasteiger partial charge on any atom is -0.344 e. The minimum atomic E-state index is -0.302. The number of amides is 2. The molecular formula is C13H22N2O2. The fourth-order valence-corrected chi connectivity index (χ4v) is 2.32. The van der Waals surface area contributed by atoms with Crippen LogP contribution < -0.4 is 5.32 Å². The van der Waals surface area contributed by atoms with Crippen LogP contribution in [-0.2, 0) is 9.59 Å². The van der Waals surface area contributed by atoms with Crippen LogP contribution in [0, 0.1) is 11.8 Å². The Labute approximate surface area is 103 Å². The molecule has 1 atom stereocenters. The maximum absolute atomic E-state index is 12.3. The molecule has 0 bridgehead atoms.